The summed E-state index contributed by atoms with van der Waals surface area (Å²) in [4.78, 5) is 60.5. The van der Waals surface area contributed by atoms with Crippen molar-refractivity contribution in [1.29, 1.82) is 0 Å². The number of nitrogens with one attached hydrogen (secondary N) is 1. The zero-order chi connectivity index (χ0) is 30.9. The van der Waals surface area contributed by atoms with Crippen LogP contribution >= 0.6 is 23.1 Å². The molecule has 9 N–H and O–H groups in total. The van der Waals surface area contributed by atoms with Gasteiger partial charge in [-0.25, -0.2) is 14.6 Å². The summed E-state index contributed by atoms with van der Waals surface area (Å²) in [5.74, 6) is -3.27. The maximum absolute atomic E-state index is 13.3. The van der Waals surface area contributed by atoms with Crippen molar-refractivity contribution in [3.8, 4) is 0 Å². The van der Waals surface area contributed by atoms with Crippen molar-refractivity contribution in [2.45, 2.75) is 50.3 Å². The average molecular weight is 623 g/mol. The van der Waals surface area contributed by atoms with Crippen molar-refractivity contribution in [3.05, 3.63) is 34.1 Å². The molecule has 2 atom stereocenters. The number of carbonyl (C=O) groups is 4. The minimum atomic E-state index is -1.76. The molecule has 226 valence electrons. The molecule has 2 aliphatic rings. The number of oxime groups is 1. The van der Waals surface area contributed by atoms with E-state index in [1.165, 1.54) is 31.0 Å². The molecular weight excluding hydrogens is 590 g/mol. The lowest BCUT2D eigenvalue weighted by molar-refractivity contribution is -0.765. The Labute approximate surface area is 248 Å². The molecule has 1 fully saturated rings. The molecule has 0 spiro atoms. The van der Waals surface area contributed by atoms with Crippen molar-refractivity contribution in [2.24, 2.45) is 17.9 Å². The fourth-order valence-corrected chi connectivity index (χ4v) is 6.21. The van der Waals surface area contributed by atoms with Gasteiger partial charge in [0, 0.05) is 16.7 Å². The Balaban J connectivity index is 1.55. The smallest absolute Gasteiger partial charge is 0.352 e. The lowest BCUT2D eigenvalue weighted by Crippen LogP contribution is -2.71. The normalized spacial score (nSPS) is 18.9. The number of rotatable bonds is 12. The Bertz CT molecular complexity index is 1500. The van der Waals surface area contributed by atoms with Gasteiger partial charge >= 0.3 is 11.9 Å². The van der Waals surface area contributed by atoms with Crippen LogP contribution in [0, 0.1) is 0 Å². The first-order chi connectivity index (χ1) is 19.8. The van der Waals surface area contributed by atoms with E-state index in [-0.39, 0.29) is 34.5 Å². The average Bonchev–Trinajstić information content (AvgIpc) is 3.47. The fourth-order valence-electron chi connectivity index (χ4n) is 4.33. The predicted molar refractivity (Wildman–Crippen MR) is 153 cm³/mol. The molecule has 2 aliphatic heterocycles. The van der Waals surface area contributed by atoms with Gasteiger partial charge in [0.1, 0.15) is 22.8 Å². The molecule has 0 aliphatic carbocycles. The lowest BCUT2D eigenvalue weighted by Gasteiger charge is -2.49. The minimum Gasteiger partial charge on any atom is -0.478 e. The third-order valence-electron chi connectivity index (χ3n) is 6.77. The summed E-state index contributed by atoms with van der Waals surface area (Å²) in [5.41, 5.74) is 16.6. The van der Waals surface area contributed by atoms with Gasteiger partial charge in [-0.1, -0.05) is 5.16 Å². The largest absolute Gasteiger partial charge is 0.478 e. The molecule has 0 aromatic carbocycles. The zero-order valence-corrected chi connectivity index (χ0v) is 24.7. The van der Waals surface area contributed by atoms with E-state index < -0.39 is 40.8 Å². The number of hydrogen-bond acceptors (Lipinski definition) is 12. The summed E-state index contributed by atoms with van der Waals surface area (Å²) >= 11 is 2.32. The number of thioether (sulfide) groups is 1. The zero-order valence-electron chi connectivity index (χ0n) is 23.1. The second-order valence-corrected chi connectivity index (χ2v) is 12.1. The van der Waals surface area contributed by atoms with E-state index in [0.29, 0.717) is 24.4 Å². The number of carboxylic acid groups (broad SMARTS) is 2. The van der Waals surface area contributed by atoms with Crippen LogP contribution in [0.25, 0.3) is 0 Å². The molecule has 2 aromatic rings. The predicted octanol–water partition coefficient (Wildman–Crippen LogP) is -1.15. The molecule has 16 nitrogen and oxygen atoms in total. The van der Waals surface area contributed by atoms with E-state index in [9.17, 15) is 29.4 Å². The third kappa shape index (κ3) is 5.90. The van der Waals surface area contributed by atoms with Crippen LogP contribution in [0.2, 0.25) is 0 Å². The van der Waals surface area contributed by atoms with E-state index in [1.807, 2.05) is 6.20 Å². The van der Waals surface area contributed by atoms with Crippen molar-refractivity contribution in [3.63, 3.8) is 0 Å². The highest BCUT2D eigenvalue weighted by Crippen LogP contribution is 2.40. The molecule has 0 bridgehead atoms. The fraction of sp³-hybridized carbons (Fsp3) is 0.458. The van der Waals surface area contributed by atoms with Gasteiger partial charge in [-0.15, -0.1) is 32.5 Å². The van der Waals surface area contributed by atoms with Crippen molar-refractivity contribution >= 4 is 63.5 Å². The summed E-state index contributed by atoms with van der Waals surface area (Å²) in [6.07, 6.45) is 3.26. The number of hydrogen-bond donors (Lipinski definition) is 6. The Kier molecular flexibility index (Phi) is 8.79. The summed E-state index contributed by atoms with van der Waals surface area (Å²) in [7, 11) is 1.76. The number of anilines is 2. The Morgan fingerprint density at radius 2 is 2.02 bits per heavy atom. The lowest BCUT2D eigenvalue weighted by atomic mass is 10.0. The van der Waals surface area contributed by atoms with Crippen LogP contribution < -0.4 is 27.2 Å². The van der Waals surface area contributed by atoms with Crippen LogP contribution in [0.5, 0.6) is 0 Å². The van der Waals surface area contributed by atoms with Gasteiger partial charge < -0.3 is 37.6 Å². The molecule has 0 unspecified atom stereocenters. The number of nitrogens with zero attached hydrogens (tertiary/aromatic N) is 5. The van der Waals surface area contributed by atoms with Crippen molar-refractivity contribution < 1.29 is 38.9 Å². The topological polar surface area (TPSA) is 245 Å². The molecule has 42 heavy (non-hydrogen) atoms. The molecular formula is C24H32N9O7S2+. The van der Waals surface area contributed by atoms with Gasteiger partial charge in [0.2, 0.25) is 11.8 Å². The highest BCUT2D eigenvalue weighted by atomic mass is 32.2. The number of β-lactam (4-membered cyclic amide) rings is 1. The third-order valence-corrected chi connectivity index (χ3v) is 8.78. The van der Waals surface area contributed by atoms with E-state index in [2.05, 4.69) is 15.5 Å². The van der Waals surface area contributed by atoms with Crippen LogP contribution in [-0.2, 0) is 44.0 Å². The second kappa shape index (κ2) is 12.0. The number of fused-ring (bicyclic) bond motifs is 1. The molecule has 0 radical (unpaired) electrons. The number of aliphatic carboxylic acids is 2. The van der Waals surface area contributed by atoms with Gasteiger partial charge in [-0.05, 0) is 33.2 Å². The first kappa shape index (κ1) is 30.8. The van der Waals surface area contributed by atoms with Crippen LogP contribution in [-0.4, -0.2) is 83.6 Å². The maximum atomic E-state index is 13.3. The molecule has 1 saturated heterocycles. The number of nitrogen functional groups attached to an aromatic ring is 2. The van der Waals surface area contributed by atoms with Crippen molar-refractivity contribution in [1.82, 2.24) is 19.9 Å². The number of aryl methyl sites for hydroxylation is 1. The SMILES string of the molecule is Cn1c(N)c(CCCN)c[n+]1CC1=C(C(=O)O)N2C(=O)[C@@H](NC(=O)/C(=N/OC(C)(C)C(=O)O)c3csc(N)n3)[C@H]2SC1. The molecule has 4 heterocycles. The Morgan fingerprint density at radius 1 is 1.31 bits per heavy atom. The molecule has 0 saturated carbocycles. The van der Waals surface area contributed by atoms with Gasteiger partial charge in [0.25, 0.3) is 11.8 Å². The van der Waals surface area contributed by atoms with E-state index >= 15 is 0 Å². The first-order valence-corrected chi connectivity index (χ1v) is 14.6. The molecule has 2 aromatic heterocycles. The summed E-state index contributed by atoms with van der Waals surface area (Å²) < 4.78 is 3.50. The van der Waals surface area contributed by atoms with Crippen LogP contribution in [0.1, 0.15) is 31.5 Å². The number of amides is 2. The summed E-state index contributed by atoms with van der Waals surface area (Å²) in [5, 5.41) is 26.6. The highest BCUT2D eigenvalue weighted by molar-refractivity contribution is 8.00. The number of thiazole rings is 1. The number of aromatic nitrogens is 3. The van der Waals surface area contributed by atoms with E-state index in [4.69, 9.17) is 22.0 Å². The van der Waals surface area contributed by atoms with Crippen LogP contribution in [0.3, 0.4) is 0 Å². The Hall–Kier alpha value is -4.16. The summed E-state index contributed by atoms with van der Waals surface area (Å²) in [6, 6.07) is -1.08. The van der Waals surface area contributed by atoms with Gasteiger partial charge in [-0.3, -0.25) is 14.5 Å². The van der Waals surface area contributed by atoms with Gasteiger partial charge in [-0.2, -0.15) is 0 Å². The number of nitrogens with two attached hydrogens (primary N) is 3. The van der Waals surface area contributed by atoms with E-state index in [0.717, 1.165) is 28.2 Å². The molecule has 18 heteroatoms. The van der Waals surface area contributed by atoms with Crippen molar-refractivity contribution in [2.75, 3.05) is 23.8 Å². The van der Waals surface area contributed by atoms with Gasteiger partial charge in [0.15, 0.2) is 23.2 Å². The second-order valence-electron chi connectivity index (χ2n) is 10.1. The standard InChI is InChI=1S/C24H31N9O7S2/c1-24(2,22(38)39)40-30-14(13-10-42-23(27)28-13)18(34)29-15-19(35)33-16(21(36)37)12(9-41-20(15)33)8-32-7-11(5-4-6-25)17(26)31(32)3/h7,10,15,20,26H,4-6,8-9,25H2,1-3H3,(H5,27,28,29,34,36,37,38,39)/p+1/b30-14+/t15-,20-/m1/s1. The first-order valence-electron chi connectivity index (χ1n) is 12.7. The van der Waals surface area contributed by atoms with Crippen LogP contribution in [0.15, 0.2) is 28.0 Å². The maximum Gasteiger partial charge on any atom is 0.352 e. The quantitative estimate of drug-likeness (QED) is 0.0711. The van der Waals surface area contributed by atoms with Gasteiger partial charge in [0.05, 0.1) is 12.6 Å². The van der Waals surface area contributed by atoms with E-state index in [1.54, 1.807) is 16.4 Å². The van der Waals surface area contributed by atoms with Crippen LogP contribution in [0.4, 0.5) is 10.9 Å². The number of carboxylic acids is 2. The Morgan fingerprint density at radius 3 is 2.62 bits per heavy atom. The minimum absolute atomic E-state index is 0.0224. The monoisotopic (exact) mass is 622 g/mol. The number of carbonyl (C=O) groups excluding carboxylic acids is 2. The highest BCUT2D eigenvalue weighted by Gasteiger charge is 2.55. The molecule has 2 amide bonds. The molecule has 4 rings (SSSR count). The summed E-state index contributed by atoms with van der Waals surface area (Å²) in [6.45, 7) is 3.19.